The van der Waals surface area contributed by atoms with Crippen molar-refractivity contribution in [2.24, 2.45) is 0 Å². The first-order valence-electron chi connectivity index (χ1n) is 6.16. The van der Waals surface area contributed by atoms with E-state index in [-0.39, 0.29) is 43.8 Å². The van der Waals surface area contributed by atoms with Crippen LogP contribution in [0.1, 0.15) is 13.3 Å². The van der Waals surface area contributed by atoms with Crippen LogP contribution in [0.4, 0.5) is 0 Å². The van der Waals surface area contributed by atoms with Crippen LogP contribution >= 0.6 is 0 Å². The summed E-state index contributed by atoms with van der Waals surface area (Å²) in [6.45, 7) is 2.50. The molecule has 1 aliphatic heterocycles. The van der Waals surface area contributed by atoms with Crippen LogP contribution in [0, 0.1) is 11.3 Å². The molecule has 0 aromatic heterocycles. The second-order valence-electron chi connectivity index (χ2n) is 4.38. The molecular formula is C12H18N4O3. The van der Waals surface area contributed by atoms with Crippen molar-refractivity contribution in [3.8, 4) is 6.07 Å². The smallest absolute Gasteiger partial charge is 0.243 e. The van der Waals surface area contributed by atoms with E-state index in [9.17, 15) is 14.4 Å². The summed E-state index contributed by atoms with van der Waals surface area (Å²) in [7, 11) is 1.58. The molecular weight excluding hydrogens is 248 g/mol. The second-order valence-corrected chi connectivity index (χ2v) is 4.38. The SMILES string of the molecule is CCN1CC(=O)N(CC(=O)N(C)CCC#N)CC1=O. The monoisotopic (exact) mass is 266 g/mol. The molecule has 19 heavy (non-hydrogen) atoms. The van der Waals surface area contributed by atoms with E-state index in [2.05, 4.69) is 0 Å². The molecule has 7 heteroatoms. The molecule has 0 N–H and O–H groups in total. The predicted molar refractivity (Wildman–Crippen MR) is 66.7 cm³/mol. The van der Waals surface area contributed by atoms with Crippen molar-refractivity contribution in [3.63, 3.8) is 0 Å². The largest absolute Gasteiger partial charge is 0.343 e. The maximum Gasteiger partial charge on any atom is 0.243 e. The lowest BCUT2D eigenvalue weighted by atomic mass is 10.3. The average molecular weight is 266 g/mol. The Balaban J connectivity index is 2.53. The third-order valence-corrected chi connectivity index (χ3v) is 3.05. The van der Waals surface area contributed by atoms with Crippen LogP contribution in [0.15, 0.2) is 0 Å². The molecule has 1 aliphatic rings. The maximum atomic E-state index is 11.8. The molecule has 0 aromatic rings. The standard InChI is InChI=1S/C12H18N4O3/c1-3-15-8-12(19)16(9-11(15)18)7-10(17)14(2)6-4-5-13/h3-4,6-9H2,1-2H3. The first kappa shape index (κ1) is 15.0. The van der Waals surface area contributed by atoms with Crippen LogP contribution < -0.4 is 0 Å². The van der Waals surface area contributed by atoms with E-state index >= 15 is 0 Å². The van der Waals surface area contributed by atoms with Crippen molar-refractivity contribution >= 4 is 17.7 Å². The predicted octanol–water partition coefficient (Wildman–Crippen LogP) is -0.951. The quantitative estimate of drug-likeness (QED) is 0.642. The lowest BCUT2D eigenvalue weighted by Gasteiger charge is -2.33. The molecule has 0 aliphatic carbocycles. The summed E-state index contributed by atoms with van der Waals surface area (Å²) in [6.07, 6.45) is 0.249. The second kappa shape index (κ2) is 6.73. The molecule has 1 saturated heterocycles. The van der Waals surface area contributed by atoms with Gasteiger partial charge in [-0.15, -0.1) is 0 Å². The van der Waals surface area contributed by atoms with E-state index in [1.807, 2.05) is 13.0 Å². The summed E-state index contributed by atoms with van der Waals surface area (Å²) in [4.78, 5) is 39.4. The van der Waals surface area contributed by atoms with Gasteiger partial charge in [-0.1, -0.05) is 0 Å². The molecule has 3 amide bonds. The molecule has 104 valence electrons. The van der Waals surface area contributed by atoms with Crippen molar-refractivity contribution in [1.29, 1.82) is 5.26 Å². The number of hydrogen-bond donors (Lipinski definition) is 0. The Morgan fingerprint density at radius 1 is 1.32 bits per heavy atom. The molecule has 0 bridgehead atoms. The van der Waals surface area contributed by atoms with Crippen LogP contribution in [0.3, 0.4) is 0 Å². The van der Waals surface area contributed by atoms with Gasteiger partial charge in [0.25, 0.3) is 0 Å². The van der Waals surface area contributed by atoms with E-state index in [1.165, 1.54) is 14.7 Å². The minimum atomic E-state index is -0.263. The van der Waals surface area contributed by atoms with Gasteiger partial charge in [0.1, 0.15) is 13.1 Å². The molecule has 0 radical (unpaired) electrons. The van der Waals surface area contributed by atoms with Crippen LogP contribution in [-0.4, -0.2) is 72.2 Å². The molecule has 0 spiro atoms. The molecule has 0 saturated carbocycles. The van der Waals surface area contributed by atoms with Gasteiger partial charge in [0, 0.05) is 20.1 Å². The maximum absolute atomic E-state index is 11.8. The zero-order chi connectivity index (χ0) is 14.4. The summed E-state index contributed by atoms with van der Waals surface area (Å²) in [6, 6.07) is 1.95. The van der Waals surface area contributed by atoms with Crippen LogP contribution in [0.2, 0.25) is 0 Å². The molecule has 0 atom stereocenters. The van der Waals surface area contributed by atoms with E-state index in [4.69, 9.17) is 5.26 Å². The highest BCUT2D eigenvalue weighted by atomic mass is 16.2. The number of nitrogens with zero attached hydrogens (tertiary/aromatic N) is 4. The van der Waals surface area contributed by atoms with Gasteiger partial charge in [0.15, 0.2) is 0 Å². The van der Waals surface area contributed by atoms with Crippen LogP contribution in [0.5, 0.6) is 0 Å². The van der Waals surface area contributed by atoms with Gasteiger partial charge in [-0.25, -0.2) is 0 Å². The zero-order valence-corrected chi connectivity index (χ0v) is 11.3. The van der Waals surface area contributed by atoms with Crippen molar-refractivity contribution in [2.45, 2.75) is 13.3 Å². The zero-order valence-electron chi connectivity index (χ0n) is 11.3. The van der Waals surface area contributed by atoms with Crippen LogP contribution in [0.25, 0.3) is 0 Å². The fourth-order valence-electron chi connectivity index (χ4n) is 1.76. The number of rotatable bonds is 5. The van der Waals surface area contributed by atoms with E-state index in [0.717, 1.165) is 0 Å². The lowest BCUT2D eigenvalue weighted by molar-refractivity contribution is -0.152. The Morgan fingerprint density at radius 3 is 2.47 bits per heavy atom. The number of likely N-dealkylation sites (N-methyl/N-ethyl adjacent to an activating group) is 2. The highest BCUT2D eigenvalue weighted by Crippen LogP contribution is 2.05. The van der Waals surface area contributed by atoms with Gasteiger partial charge in [0.05, 0.1) is 19.0 Å². The highest BCUT2D eigenvalue weighted by molar-refractivity contribution is 5.94. The fourth-order valence-corrected chi connectivity index (χ4v) is 1.76. The van der Waals surface area contributed by atoms with E-state index in [1.54, 1.807) is 7.05 Å². The summed E-state index contributed by atoms with van der Waals surface area (Å²) in [5.74, 6) is -0.626. The number of hydrogen-bond acceptors (Lipinski definition) is 4. The van der Waals surface area contributed by atoms with Crippen molar-refractivity contribution < 1.29 is 14.4 Å². The van der Waals surface area contributed by atoms with Gasteiger partial charge in [-0.05, 0) is 6.92 Å². The lowest BCUT2D eigenvalue weighted by Crippen LogP contribution is -2.55. The molecule has 0 unspecified atom stereocenters. The molecule has 1 rings (SSSR count). The Kier molecular flexibility index (Phi) is 5.30. The summed E-state index contributed by atoms with van der Waals surface area (Å²) in [5.41, 5.74) is 0. The van der Waals surface area contributed by atoms with Crippen molar-refractivity contribution in [1.82, 2.24) is 14.7 Å². The number of amides is 3. The van der Waals surface area contributed by atoms with Crippen LogP contribution in [-0.2, 0) is 14.4 Å². The molecule has 7 nitrogen and oxygen atoms in total. The highest BCUT2D eigenvalue weighted by Gasteiger charge is 2.30. The third kappa shape index (κ3) is 3.95. The number of piperazine rings is 1. The Labute approximate surface area is 112 Å². The summed E-state index contributed by atoms with van der Waals surface area (Å²) < 4.78 is 0. The third-order valence-electron chi connectivity index (χ3n) is 3.05. The Bertz CT molecular complexity index is 416. The number of carbonyl (C=O) groups excluding carboxylic acids is 3. The van der Waals surface area contributed by atoms with E-state index < -0.39 is 0 Å². The van der Waals surface area contributed by atoms with Gasteiger partial charge in [0.2, 0.25) is 17.7 Å². The summed E-state index contributed by atoms with van der Waals surface area (Å²) >= 11 is 0. The Hall–Kier alpha value is -2.10. The number of nitriles is 1. The van der Waals surface area contributed by atoms with E-state index in [0.29, 0.717) is 13.1 Å². The minimum absolute atomic E-state index is 0.0323. The molecule has 1 heterocycles. The first-order valence-corrected chi connectivity index (χ1v) is 6.16. The number of carbonyl (C=O) groups is 3. The normalized spacial score (nSPS) is 15.4. The van der Waals surface area contributed by atoms with Gasteiger partial charge in [-0.2, -0.15) is 5.26 Å². The molecule has 1 fully saturated rings. The average Bonchev–Trinajstić information content (AvgIpc) is 2.39. The molecule has 0 aromatic carbocycles. The van der Waals surface area contributed by atoms with Gasteiger partial charge < -0.3 is 14.7 Å². The minimum Gasteiger partial charge on any atom is -0.343 e. The van der Waals surface area contributed by atoms with Crippen molar-refractivity contribution in [2.75, 3.05) is 39.8 Å². The van der Waals surface area contributed by atoms with Gasteiger partial charge >= 0.3 is 0 Å². The van der Waals surface area contributed by atoms with Crippen molar-refractivity contribution in [3.05, 3.63) is 0 Å². The van der Waals surface area contributed by atoms with Gasteiger partial charge in [-0.3, -0.25) is 14.4 Å². The Morgan fingerprint density at radius 2 is 1.89 bits per heavy atom. The topological polar surface area (TPSA) is 84.7 Å². The summed E-state index contributed by atoms with van der Waals surface area (Å²) in [5, 5.41) is 8.45. The fraction of sp³-hybridized carbons (Fsp3) is 0.667. The first-order chi connectivity index (χ1) is 8.99.